The number of nitrogens with zero attached hydrogens (tertiary/aromatic N) is 2. The molecule has 2 aromatic rings. The number of hydrogen-bond donors (Lipinski definition) is 2. The van der Waals surface area contributed by atoms with Crippen LogP contribution in [0.3, 0.4) is 0 Å². The van der Waals surface area contributed by atoms with Crippen LogP contribution in [0.5, 0.6) is 0 Å². The minimum absolute atomic E-state index is 0.0843. The number of piperazine rings is 1. The van der Waals surface area contributed by atoms with Crippen molar-refractivity contribution in [2.24, 2.45) is 0 Å². The molecule has 1 unspecified atom stereocenters. The first-order chi connectivity index (χ1) is 13.9. The molecule has 1 aromatic carbocycles. The standard InChI is InChI=1S/C20H23ClN4O3S/c1-14(23-20(28)17-3-2-12-29-17)19(27)22-13-18(26)25-10-8-24(9-11-25)16-6-4-15(21)5-7-16/h2-7,12,14H,8-11,13H2,1H3,(H,22,27)(H,23,28). The fourth-order valence-corrected chi connectivity index (χ4v) is 3.79. The molecule has 9 heteroatoms. The summed E-state index contributed by atoms with van der Waals surface area (Å²) < 4.78 is 0. The minimum atomic E-state index is -0.723. The highest BCUT2D eigenvalue weighted by molar-refractivity contribution is 7.12. The van der Waals surface area contributed by atoms with Crippen molar-refractivity contribution in [1.82, 2.24) is 15.5 Å². The Hall–Kier alpha value is -2.58. The minimum Gasteiger partial charge on any atom is -0.368 e. The lowest BCUT2D eigenvalue weighted by molar-refractivity contribution is -0.133. The Kier molecular flexibility index (Phi) is 7.11. The lowest BCUT2D eigenvalue weighted by atomic mass is 10.2. The van der Waals surface area contributed by atoms with Crippen LogP contribution in [0.4, 0.5) is 5.69 Å². The molecule has 0 bridgehead atoms. The molecular formula is C20H23ClN4O3S. The van der Waals surface area contributed by atoms with Crippen LogP contribution in [0, 0.1) is 0 Å². The van der Waals surface area contributed by atoms with Crippen molar-refractivity contribution in [3.05, 3.63) is 51.7 Å². The van der Waals surface area contributed by atoms with E-state index in [-0.39, 0.29) is 24.3 Å². The molecule has 1 aliphatic rings. The summed E-state index contributed by atoms with van der Waals surface area (Å²) in [6.45, 7) is 4.11. The lowest BCUT2D eigenvalue weighted by Gasteiger charge is -2.36. The third-order valence-electron chi connectivity index (χ3n) is 4.72. The molecule has 0 aliphatic carbocycles. The van der Waals surface area contributed by atoms with Crippen molar-refractivity contribution in [3.63, 3.8) is 0 Å². The Balaban J connectivity index is 1.41. The third-order valence-corrected chi connectivity index (χ3v) is 5.84. The Morgan fingerprint density at radius 2 is 1.79 bits per heavy atom. The first-order valence-electron chi connectivity index (χ1n) is 9.34. The zero-order chi connectivity index (χ0) is 20.8. The molecule has 2 heterocycles. The van der Waals surface area contributed by atoms with Gasteiger partial charge >= 0.3 is 0 Å². The maximum atomic E-state index is 12.4. The van der Waals surface area contributed by atoms with Crippen LogP contribution in [-0.4, -0.2) is 61.4 Å². The molecule has 1 aliphatic heterocycles. The zero-order valence-electron chi connectivity index (χ0n) is 16.1. The van der Waals surface area contributed by atoms with E-state index in [1.807, 2.05) is 24.3 Å². The average Bonchev–Trinajstić information content (AvgIpc) is 3.27. The van der Waals surface area contributed by atoms with E-state index in [1.165, 1.54) is 11.3 Å². The normalized spacial score (nSPS) is 15.0. The number of halogens is 1. The van der Waals surface area contributed by atoms with Gasteiger partial charge in [-0.15, -0.1) is 11.3 Å². The largest absolute Gasteiger partial charge is 0.368 e. The monoisotopic (exact) mass is 434 g/mol. The molecule has 1 aromatic heterocycles. The molecule has 154 valence electrons. The average molecular weight is 435 g/mol. The Morgan fingerprint density at radius 1 is 1.10 bits per heavy atom. The van der Waals surface area contributed by atoms with Crippen LogP contribution in [0.15, 0.2) is 41.8 Å². The highest BCUT2D eigenvalue weighted by Crippen LogP contribution is 2.19. The summed E-state index contributed by atoms with van der Waals surface area (Å²) in [5.41, 5.74) is 1.07. The number of carbonyl (C=O) groups excluding carboxylic acids is 3. The second-order valence-electron chi connectivity index (χ2n) is 6.73. The van der Waals surface area contributed by atoms with Gasteiger partial charge in [-0.3, -0.25) is 14.4 Å². The van der Waals surface area contributed by atoms with Gasteiger partial charge in [0.2, 0.25) is 11.8 Å². The number of benzene rings is 1. The molecule has 0 saturated carbocycles. The van der Waals surface area contributed by atoms with Crippen molar-refractivity contribution in [2.75, 3.05) is 37.6 Å². The van der Waals surface area contributed by atoms with Gasteiger partial charge < -0.3 is 20.4 Å². The van der Waals surface area contributed by atoms with Gasteiger partial charge in [-0.05, 0) is 42.6 Å². The number of hydrogen-bond acceptors (Lipinski definition) is 5. The first-order valence-corrected chi connectivity index (χ1v) is 10.6. The molecule has 0 spiro atoms. The summed E-state index contributed by atoms with van der Waals surface area (Å²) in [4.78, 5) is 41.1. The topological polar surface area (TPSA) is 81.8 Å². The zero-order valence-corrected chi connectivity index (χ0v) is 17.6. The molecule has 1 atom stereocenters. The molecule has 2 N–H and O–H groups in total. The maximum Gasteiger partial charge on any atom is 0.261 e. The van der Waals surface area contributed by atoms with Crippen LogP contribution in [0.25, 0.3) is 0 Å². The predicted molar refractivity (Wildman–Crippen MR) is 115 cm³/mol. The summed E-state index contributed by atoms with van der Waals surface area (Å²) >= 11 is 7.23. The van der Waals surface area contributed by atoms with Crippen molar-refractivity contribution < 1.29 is 14.4 Å². The fraction of sp³-hybridized carbons (Fsp3) is 0.350. The van der Waals surface area contributed by atoms with Crippen molar-refractivity contribution in [3.8, 4) is 0 Å². The molecule has 1 fully saturated rings. The fourth-order valence-electron chi connectivity index (χ4n) is 3.03. The van der Waals surface area contributed by atoms with Crippen LogP contribution in [-0.2, 0) is 9.59 Å². The van der Waals surface area contributed by atoms with E-state index in [9.17, 15) is 14.4 Å². The first kappa shape index (κ1) is 21.1. The number of carbonyl (C=O) groups is 3. The summed E-state index contributed by atoms with van der Waals surface area (Å²) in [6.07, 6.45) is 0. The quantitative estimate of drug-likeness (QED) is 0.728. The highest BCUT2D eigenvalue weighted by atomic mass is 35.5. The van der Waals surface area contributed by atoms with Crippen molar-refractivity contribution in [2.45, 2.75) is 13.0 Å². The number of thiophene rings is 1. The van der Waals surface area contributed by atoms with Gasteiger partial charge in [0.1, 0.15) is 6.04 Å². The van der Waals surface area contributed by atoms with Crippen LogP contribution >= 0.6 is 22.9 Å². The van der Waals surface area contributed by atoms with Crippen molar-refractivity contribution in [1.29, 1.82) is 0 Å². The highest BCUT2D eigenvalue weighted by Gasteiger charge is 2.23. The Bertz CT molecular complexity index is 849. The van der Waals surface area contributed by atoms with Gasteiger partial charge in [0.15, 0.2) is 0 Å². The predicted octanol–water partition coefficient (Wildman–Crippen LogP) is 1.98. The second kappa shape index (κ2) is 9.76. The van der Waals surface area contributed by atoms with Gasteiger partial charge in [-0.2, -0.15) is 0 Å². The number of amides is 3. The molecule has 0 radical (unpaired) electrons. The van der Waals surface area contributed by atoms with E-state index < -0.39 is 6.04 Å². The van der Waals surface area contributed by atoms with E-state index in [0.717, 1.165) is 5.69 Å². The van der Waals surface area contributed by atoms with E-state index in [0.29, 0.717) is 36.1 Å². The van der Waals surface area contributed by atoms with E-state index >= 15 is 0 Å². The number of anilines is 1. The van der Waals surface area contributed by atoms with Crippen LogP contribution in [0.1, 0.15) is 16.6 Å². The maximum absolute atomic E-state index is 12.4. The number of nitrogens with one attached hydrogen (secondary N) is 2. The van der Waals surface area contributed by atoms with Gasteiger partial charge in [-0.1, -0.05) is 17.7 Å². The third kappa shape index (κ3) is 5.71. The van der Waals surface area contributed by atoms with E-state index in [2.05, 4.69) is 15.5 Å². The van der Waals surface area contributed by atoms with Gasteiger partial charge in [0.05, 0.1) is 11.4 Å². The molecule has 1 saturated heterocycles. The molecule has 7 nitrogen and oxygen atoms in total. The summed E-state index contributed by atoms with van der Waals surface area (Å²) in [5, 5.41) is 7.73. The molecule has 29 heavy (non-hydrogen) atoms. The Labute approximate surface area is 178 Å². The van der Waals surface area contributed by atoms with Crippen LogP contribution in [0.2, 0.25) is 5.02 Å². The summed E-state index contributed by atoms with van der Waals surface area (Å²) in [6, 6.07) is 10.4. The van der Waals surface area contributed by atoms with Crippen molar-refractivity contribution >= 4 is 46.3 Å². The molecular weight excluding hydrogens is 412 g/mol. The van der Waals surface area contributed by atoms with E-state index in [4.69, 9.17) is 11.6 Å². The second-order valence-corrected chi connectivity index (χ2v) is 8.12. The van der Waals surface area contributed by atoms with E-state index in [1.54, 1.807) is 29.3 Å². The van der Waals surface area contributed by atoms with Gasteiger partial charge in [0, 0.05) is 36.9 Å². The molecule has 3 amide bonds. The lowest BCUT2D eigenvalue weighted by Crippen LogP contribution is -2.52. The molecule has 3 rings (SSSR count). The summed E-state index contributed by atoms with van der Waals surface area (Å²) in [7, 11) is 0. The smallest absolute Gasteiger partial charge is 0.261 e. The Morgan fingerprint density at radius 3 is 2.41 bits per heavy atom. The summed E-state index contributed by atoms with van der Waals surface area (Å²) in [5.74, 6) is -0.818. The SMILES string of the molecule is CC(NC(=O)c1cccs1)C(=O)NCC(=O)N1CCN(c2ccc(Cl)cc2)CC1. The van der Waals surface area contributed by atoms with Gasteiger partial charge in [-0.25, -0.2) is 0 Å². The number of rotatable bonds is 6. The van der Waals surface area contributed by atoms with Gasteiger partial charge in [0.25, 0.3) is 5.91 Å². The van der Waals surface area contributed by atoms with Crippen LogP contribution < -0.4 is 15.5 Å².